The number of hydrogen-bond acceptors (Lipinski definition) is 3. The maximum atomic E-state index is 11.1. The molecule has 0 bridgehead atoms. The van der Waals surface area contributed by atoms with Gasteiger partial charge in [0, 0.05) is 12.0 Å². The molecule has 0 aliphatic rings. The summed E-state index contributed by atoms with van der Waals surface area (Å²) >= 11 is 0. The number of benzene rings is 1. The van der Waals surface area contributed by atoms with E-state index in [1.54, 1.807) is 24.3 Å². The lowest BCUT2D eigenvalue weighted by Gasteiger charge is -2.05. The van der Waals surface area contributed by atoms with Crippen molar-refractivity contribution in [1.82, 2.24) is 0 Å². The summed E-state index contributed by atoms with van der Waals surface area (Å²) in [6.07, 6.45) is 2.44. The van der Waals surface area contributed by atoms with Crippen LogP contribution in [0.3, 0.4) is 0 Å². The molecule has 0 aliphatic heterocycles. The highest BCUT2D eigenvalue weighted by Gasteiger charge is 2.14. The molecule has 0 spiro atoms. The standard InChI is InChI=1S/C13H10O4/c14-6-5-9-3-4-10(11(8-9)13(15)16)12-2-1-7-17-12/h1-4,6-8H,5H2,(H,15,16). The fourth-order valence-corrected chi connectivity index (χ4v) is 1.64. The lowest BCUT2D eigenvalue weighted by Crippen LogP contribution is -2.01. The highest BCUT2D eigenvalue weighted by molar-refractivity contribution is 5.95. The molecular weight excluding hydrogens is 220 g/mol. The van der Waals surface area contributed by atoms with Crippen molar-refractivity contribution in [2.75, 3.05) is 0 Å². The maximum absolute atomic E-state index is 11.1. The van der Waals surface area contributed by atoms with E-state index in [4.69, 9.17) is 9.52 Å². The molecule has 4 heteroatoms. The molecular formula is C13H10O4. The normalized spacial score (nSPS) is 10.1. The first kappa shape index (κ1) is 11.1. The molecule has 0 unspecified atom stereocenters. The third-order valence-electron chi connectivity index (χ3n) is 2.42. The maximum Gasteiger partial charge on any atom is 0.336 e. The third-order valence-corrected chi connectivity index (χ3v) is 2.42. The Hall–Kier alpha value is -2.36. The molecule has 1 aromatic heterocycles. The Bertz CT molecular complexity index is 541. The van der Waals surface area contributed by atoms with Crippen molar-refractivity contribution < 1.29 is 19.1 Å². The molecule has 1 N–H and O–H groups in total. The van der Waals surface area contributed by atoms with E-state index < -0.39 is 5.97 Å². The number of carboxylic acid groups (broad SMARTS) is 1. The van der Waals surface area contributed by atoms with Gasteiger partial charge in [-0.1, -0.05) is 12.1 Å². The van der Waals surface area contributed by atoms with E-state index in [-0.39, 0.29) is 12.0 Å². The van der Waals surface area contributed by atoms with E-state index in [0.29, 0.717) is 16.9 Å². The smallest absolute Gasteiger partial charge is 0.336 e. The minimum absolute atomic E-state index is 0.138. The highest BCUT2D eigenvalue weighted by Crippen LogP contribution is 2.25. The van der Waals surface area contributed by atoms with Crippen molar-refractivity contribution in [3.63, 3.8) is 0 Å². The van der Waals surface area contributed by atoms with Crippen molar-refractivity contribution in [2.45, 2.75) is 6.42 Å². The van der Waals surface area contributed by atoms with Crippen molar-refractivity contribution >= 4 is 12.3 Å². The Morgan fingerprint density at radius 1 is 1.35 bits per heavy atom. The Morgan fingerprint density at radius 2 is 2.18 bits per heavy atom. The van der Waals surface area contributed by atoms with Crippen LogP contribution in [0.1, 0.15) is 15.9 Å². The number of carbonyl (C=O) groups is 2. The van der Waals surface area contributed by atoms with Gasteiger partial charge in [0.05, 0.1) is 11.8 Å². The van der Waals surface area contributed by atoms with Gasteiger partial charge in [0.2, 0.25) is 0 Å². The van der Waals surface area contributed by atoms with Crippen LogP contribution >= 0.6 is 0 Å². The Labute approximate surface area is 97.5 Å². The lowest BCUT2D eigenvalue weighted by molar-refractivity contribution is -0.107. The molecule has 17 heavy (non-hydrogen) atoms. The Kier molecular flexibility index (Phi) is 3.05. The van der Waals surface area contributed by atoms with Crippen LogP contribution in [0.4, 0.5) is 0 Å². The van der Waals surface area contributed by atoms with Crippen LogP contribution in [0.15, 0.2) is 41.0 Å². The zero-order valence-electron chi connectivity index (χ0n) is 8.92. The van der Waals surface area contributed by atoms with Gasteiger partial charge in [0.15, 0.2) is 0 Å². The third kappa shape index (κ3) is 2.25. The van der Waals surface area contributed by atoms with Gasteiger partial charge in [-0.25, -0.2) is 4.79 Å². The minimum Gasteiger partial charge on any atom is -0.478 e. The summed E-state index contributed by atoms with van der Waals surface area (Å²) in [5.41, 5.74) is 1.32. The molecule has 0 saturated carbocycles. The topological polar surface area (TPSA) is 67.5 Å². The van der Waals surface area contributed by atoms with Crippen molar-refractivity contribution in [1.29, 1.82) is 0 Å². The average Bonchev–Trinajstić information content (AvgIpc) is 2.82. The first-order chi connectivity index (χ1) is 8.22. The predicted octanol–water partition coefficient (Wildman–Crippen LogP) is 2.39. The van der Waals surface area contributed by atoms with Crippen LogP contribution in [-0.2, 0) is 11.2 Å². The Morgan fingerprint density at radius 3 is 2.76 bits per heavy atom. The molecule has 1 aromatic carbocycles. The van der Waals surface area contributed by atoms with Crippen molar-refractivity contribution in [3.8, 4) is 11.3 Å². The summed E-state index contributed by atoms with van der Waals surface area (Å²) in [6.45, 7) is 0. The molecule has 0 amide bonds. The van der Waals surface area contributed by atoms with E-state index in [9.17, 15) is 9.59 Å². The van der Waals surface area contributed by atoms with Crippen LogP contribution in [0.2, 0.25) is 0 Å². The predicted molar refractivity (Wildman–Crippen MR) is 60.9 cm³/mol. The van der Waals surface area contributed by atoms with E-state index in [0.717, 1.165) is 6.29 Å². The fraction of sp³-hybridized carbons (Fsp3) is 0.0769. The molecule has 0 saturated heterocycles. The van der Waals surface area contributed by atoms with Gasteiger partial charge in [0.25, 0.3) is 0 Å². The number of furan rings is 1. The SMILES string of the molecule is O=CCc1ccc(-c2ccco2)c(C(=O)O)c1. The van der Waals surface area contributed by atoms with Crippen LogP contribution in [0.5, 0.6) is 0 Å². The number of aldehydes is 1. The van der Waals surface area contributed by atoms with Gasteiger partial charge in [-0.05, 0) is 23.8 Å². The number of carboxylic acids is 1. The van der Waals surface area contributed by atoms with E-state index in [1.165, 1.54) is 12.3 Å². The van der Waals surface area contributed by atoms with Crippen molar-refractivity contribution in [2.24, 2.45) is 0 Å². The minimum atomic E-state index is -1.04. The molecule has 0 fully saturated rings. The zero-order chi connectivity index (χ0) is 12.3. The lowest BCUT2D eigenvalue weighted by atomic mass is 10.0. The van der Waals surface area contributed by atoms with E-state index >= 15 is 0 Å². The van der Waals surface area contributed by atoms with Crippen LogP contribution in [0.25, 0.3) is 11.3 Å². The Balaban J connectivity index is 2.52. The quantitative estimate of drug-likeness (QED) is 0.819. The van der Waals surface area contributed by atoms with Crippen molar-refractivity contribution in [3.05, 3.63) is 47.7 Å². The summed E-state index contributed by atoms with van der Waals surface area (Å²) in [6, 6.07) is 8.26. The average molecular weight is 230 g/mol. The monoisotopic (exact) mass is 230 g/mol. The first-order valence-electron chi connectivity index (χ1n) is 5.06. The number of rotatable bonds is 4. The van der Waals surface area contributed by atoms with Crippen LogP contribution in [-0.4, -0.2) is 17.4 Å². The highest BCUT2D eigenvalue weighted by atomic mass is 16.4. The van der Waals surface area contributed by atoms with Crippen LogP contribution < -0.4 is 0 Å². The molecule has 86 valence electrons. The fourth-order valence-electron chi connectivity index (χ4n) is 1.64. The second-order valence-corrected chi connectivity index (χ2v) is 3.53. The first-order valence-corrected chi connectivity index (χ1v) is 5.06. The molecule has 2 aromatic rings. The molecule has 0 radical (unpaired) electrons. The van der Waals surface area contributed by atoms with Gasteiger partial charge in [-0.2, -0.15) is 0 Å². The van der Waals surface area contributed by atoms with Gasteiger partial charge < -0.3 is 14.3 Å². The number of hydrogen-bond donors (Lipinski definition) is 1. The summed E-state index contributed by atoms with van der Waals surface area (Å²) < 4.78 is 5.18. The van der Waals surface area contributed by atoms with Gasteiger partial charge in [-0.3, -0.25) is 0 Å². The molecule has 1 heterocycles. The number of aromatic carboxylic acids is 1. The van der Waals surface area contributed by atoms with Gasteiger partial charge in [-0.15, -0.1) is 0 Å². The van der Waals surface area contributed by atoms with Gasteiger partial charge >= 0.3 is 5.97 Å². The molecule has 4 nitrogen and oxygen atoms in total. The van der Waals surface area contributed by atoms with E-state index in [2.05, 4.69) is 0 Å². The zero-order valence-corrected chi connectivity index (χ0v) is 8.92. The van der Waals surface area contributed by atoms with E-state index in [1.807, 2.05) is 0 Å². The molecule has 0 atom stereocenters. The molecule has 2 rings (SSSR count). The summed E-state index contributed by atoms with van der Waals surface area (Å²) in [5.74, 6) is -0.538. The van der Waals surface area contributed by atoms with Crippen LogP contribution in [0, 0.1) is 0 Å². The van der Waals surface area contributed by atoms with Gasteiger partial charge in [0.1, 0.15) is 12.0 Å². The number of carbonyl (C=O) groups excluding carboxylic acids is 1. The second kappa shape index (κ2) is 4.65. The second-order valence-electron chi connectivity index (χ2n) is 3.53. The largest absolute Gasteiger partial charge is 0.478 e. The summed E-state index contributed by atoms with van der Waals surface area (Å²) in [4.78, 5) is 21.5. The summed E-state index contributed by atoms with van der Waals surface area (Å²) in [7, 11) is 0. The molecule has 0 aliphatic carbocycles. The summed E-state index contributed by atoms with van der Waals surface area (Å²) in [5, 5.41) is 9.13.